The number of halogens is 4. The summed E-state index contributed by atoms with van der Waals surface area (Å²) < 4.78 is 49.6. The summed E-state index contributed by atoms with van der Waals surface area (Å²) in [6.07, 6.45) is 0.155. The summed E-state index contributed by atoms with van der Waals surface area (Å²) in [6, 6.07) is 2.17. The van der Waals surface area contributed by atoms with Crippen LogP contribution in [0.4, 0.5) is 24.7 Å². The molecule has 6 heterocycles. The monoisotopic (exact) mass is 593 g/mol. The third-order valence-corrected chi connectivity index (χ3v) is 9.28. The standard InChI is InChI=1S/C28H35ClF3N7O2/c1-3-24(40)37-10-8-35(9-11-37)20-14-38(15-20)22-12-23(34-27(25(22)29)28(30,31)32)36-6-4-19(5-7-36)26-18(2)13-33-39(26)21-16-41-17-21/h3,12-13,19-21H,1,4-11,14-17H2,2H3. The molecule has 0 N–H and O–H groups in total. The molecule has 4 fully saturated rings. The van der Waals surface area contributed by atoms with E-state index in [9.17, 15) is 18.0 Å². The maximum absolute atomic E-state index is 14.1. The molecular weight excluding hydrogens is 559 g/mol. The number of hydrogen-bond acceptors (Lipinski definition) is 7. The van der Waals surface area contributed by atoms with Crippen LogP contribution in [-0.2, 0) is 15.7 Å². The number of alkyl halides is 3. The first-order valence-corrected chi connectivity index (χ1v) is 14.6. The molecule has 13 heteroatoms. The van der Waals surface area contributed by atoms with Gasteiger partial charge in [0, 0.05) is 76.1 Å². The number of aryl methyl sites for hydroxylation is 1. The fourth-order valence-electron chi connectivity index (χ4n) is 6.41. The smallest absolute Gasteiger partial charge is 0.377 e. The molecule has 0 saturated carbocycles. The molecule has 0 aromatic carbocycles. The minimum Gasteiger partial charge on any atom is -0.377 e. The van der Waals surface area contributed by atoms with Gasteiger partial charge in [0.1, 0.15) is 5.82 Å². The summed E-state index contributed by atoms with van der Waals surface area (Å²) in [5.41, 5.74) is 1.69. The van der Waals surface area contributed by atoms with Gasteiger partial charge in [-0.1, -0.05) is 18.2 Å². The van der Waals surface area contributed by atoms with E-state index in [4.69, 9.17) is 16.3 Å². The topological polar surface area (TPSA) is 70.0 Å². The Morgan fingerprint density at radius 3 is 2.34 bits per heavy atom. The minimum absolute atomic E-state index is 0.0755. The lowest BCUT2D eigenvalue weighted by atomic mass is 9.91. The molecule has 9 nitrogen and oxygen atoms in total. The molecule has 2 aromatic rings. The zero-order chi connectivity index (χ0) is 28.9. The third kappa shape index (κ3) is 5.41. The fraction of sp³-hybridized carbons (Fsp3) is 0.607. The number of piperidine rings is 1. The third-order valence-electron chi connectivity index (χ3n) is 8.91. The van der Waals surface area contributed by atoms with E-state index in [0.29, 0.717) is 64.0 Å². The number of ether oxygens (including phenoxy) is 1. The molecule has 4 aliphatic rings. The van der Waals surface area contributed by atoms with Crippen LogP contribution in [-0.4, -0.2) is 102 Å². The summed E-state index contributed by atoms with van der Waals surface area (Å²) in [7, 11) is 0. The summed E-state index contributed by atoms with van der Waals surface area (Å²) in [5.74, 6) is 0.516. The van der Waals surface area contributed by atoms with E-state index in [0.717, 1.165) is 31.5 Å². The highest BCUT2D eigenvalue weighted by Gasteiger charge is 2.41. The summed E-state index contributed by atoms with van der Waals surface area (Å²) >= 11 is 6.36. The Labute approximate surface area is 242 Å². The second kappa shape index (κ2) is 11.1. The van der Waals surface area contributed by atoms with Crippen molar-refractivity contribution >= 4 is 29.0 Å². The van der Waals surface area contributed by atoms with Gasteiger partial charge in [-0.3, -0.25) is 14.4 Å². The lowest BCUT2D eigenvalue weighted by Gasteiger charge is -2.49. The highest BCUT2D eigenvalue weighted by atomic mass is 35.5. The van der Waals surface area contributed by atoms with Crippen LogP contribution in [0.2, 0.25) is 5.02 Å². The normalized spacial score (nSPS) is 21.6. The zero-order valence-electron chi connectivity index (χ0n) is 23.1. The molecule has 0 atom stereocenters. The molecule has 0 unspecified atom stereocenters. The Morgan fingerprint density at radius 2 is 1.76 bits per heavy atom. The largest absolute Gasteiger partial charge is 0.434 e. The molecule has 4 saturated heterocycles. The molecular formula is C28H35ClF3N7O2. The van der Waals surface area contributed by atoms with Gasteiger partial charge in [-0.25, -0.2) is 4.98 Å². The first kappa shape index (κ1) is 28.3. The lowest BCUT2D eigenvalue weighted by Crippen LogP contribution is -2.63. The van der Waals surface area contributed by atoms with Crippen molar-refractivity contribution in [3.63, 3.8) is 0 Å². The van der Waals surface area contributed by atoms with Crippen molar-refractivity contribution in [3.8, 4) is 0 Å². The fourth-order valence-corrected chi connectivity index (χ4v) is 6.73. The van der Waals surface area contributed by atoms with Crippen molar-refractivity contribution in [1.29, 1.82) is 0 Å². The SMILES string of the molecule is C=CC(=O)N1CCN(C2CN(c3cc(N4CCC(c5c(C)cnn5C5COC5)CC4)nc(C(F)(F)F)c3Cl)C2)CC1. The summed E-state index contributed by atoms with van der Waals surface area (Å²) in [4.78, 5) is 23.8. The van der Waals surface area contributed by atoms with E-state index in [1.807, 2.05) is 16.0 Å². The van der Waals surface area contributed by atoms with Crippen LogP contribution in [0.5, 0.6) is 0 Å². The van der Waals surface area contributed by atoms with Crippen LogP contribution in [0, 0.1) is 6.92 Å². The molecule has 0 bridgehead atoms. The second-order valence-electron chi connectivity index (χ2n) is 11.4. The average Bonchev–Trinajstić information content (AvgIpc) is 3.27. The van der Waals surface area contributed by atoms with Gasteiger partial charge in [0.15, 0.2) is 5.69 Å². The number of carbonyl (C=O) groups excluding carboxylic acids is 1. The van der Waals surface area contributed by atoms with Crippen molar-refractivity contribution in [2.45, 2.75) is 43.9 Å². The van der Waals surface area contributed by atoms with Crippen LogP contribution in [0.15, 0.2) is 24.9 Å². The predicted octanol–water partition coefficient (Wildman–Crippen LogP) is 3.73. The van der Waals surface area contributed by atoms with Crippen molar-refractivity contribution in [2.75, 3.05) is 75.4 Å². The Kier molecular flexibility index (Phi) is 7.67. The van der Waals surface area contributed by atoms with E-state index < -0.39 is 11.9 Å². The van der Waals surface area contributed by atoms with Crippen LogP contribution < -0.4 is 9.80 Å². The van der Waals surface area contributed by atoms with E-state index >= 15 is 0 Å². The molecule has 2 aromatic heterocycles. The molecule has 0 spiro atoms. The molecule has 41 heavy (non-hydrogen) atoms. The lowest BCUT2D eigenvalue weighted by molar-refractivity contribution is -0.141. The summed E-state index contributed by atoms with van der Waals surface area (Å²) in [5, 5.41) is 4.23. The number of amides is 1. The number of anilines is 2. The maximum atomic E-state index is 14.1. The highest BCUT2D eigenvalue weighted by Crippen LogP contribution is 2.43. The Balaban J connectivity index is 1.15. The zero-order valence-corrected chi connectivity index (χ0v) is 23.9. The molecule has 1 amide bonds. The van der Waals surface area contributed by atoms with Crippen LogP contribution in [0.1, 0.15) is 41.8 Å². The van der Waals surface area contributed by atoms with Gasteiger partial charge in [0.05, 0.1) is 36.2 Å². The first-order valence-electron chi connectivity index (χ1n) is 14.2. The highest BCUT2D eigenvalue weighted by molar-refractivity contribution is 6.34. The molecule has 222 valence electrons. The number of carbonyl (C=O) groups is 1. The number of nitrogens with zero attached hydrogens (tertiary/aromatic N) is 7. The Hall–Kier alpha value is -2.83. The van der Waals surface area contributed by atoms with Crippen LogP contribution in [0.3, 0.4) is 0 Å². The van der Waals surface area contributed by atoms with Gasteiger partial charge in [0.2, 0.25) is 5.91 Å². The van der Waals surface area contributed by atoms with Crippen molar-refractivity contribution in [1.82, 2.24) is 24.6 Å². The van der Waals surface area contributed by atoms with E-state index in [1.165, 1.54) is 11.8 Å². The van der Waals surface area contributed by atoms with Crippen molar-refractivity contribution in [3.05, 3.63) is 46.9 Å². The van der Waals surface area contributed by atoms with Gasteiger partial charge in [0.25, 0.3) is 0 Å². The summed E-state index contributed by atoms with van der Waals surface area (Å²) in [6.45, 7) is 12.0. The molecule has 4 aliphatic heterocycles. The van der Waals surface area contributed by atoms with Crippen molar-refractivity contribution in [2.24, 2.45) is 0 Å². The predicted molar refractivity (Wildman–Crippen MR) is 150 cm³/mol. The average molecular weight is 594 g/mol. The molecule has 0 radical (unpaired) electrons. The van der Waals surface area contributed by atoms with Crippen LogP contribution >= 0.6 is 11.6 Å². The van der Waals surface area contributed by atoms with E-state index in [1.54, 1.807) is 11.0 Å². The van der Waals surface area contributed by atoms with Gasteiger partial charge in [-0.15, -0.1) is 0 Å². The minimum atomic E-state index is -4.66. The number of aromatic nitrogens is 3. The Morgan fingerprint density at radius 1 is 1.07 bits per heavy atom. The van der Waals surface area contributed by atoms with Crippen LogP contribution in [0.25, 0.3) is 0 Å². The molecule has 0 aliphatic carbocycles. The number of rotatable bonds is 6. The van der Waals surface area contributed by atoms with Gasteiger partial charge < -0.3 is 19.4 Å². The van der Waals surface area contributed by atoms with Gasteiger partial charge >= 0.3 is 6.18 Å². The number of piperazine rings is 1. The second-order valence-corrected chi connectivity index (χ2v) is 11.8. The number of pyridine rings is 1. The maximum Gasteiger partial charge on any atom is 0.434 e. The van der Waals surface area contributed by atoms with E-state index in [-0.39, 0.29) is 28.9 Å². The number of hydrogen-bond donors (Lipinski definition) is 0. The van der Waals surface area contributed by atoms with Gasteiger partial charge in [-0.05, 0) is 31.4 Å². The van der Waals surface area contributed by atoms with Gasteiger partial charge in [-0.2, -0.15) is 18.3 Å². The Bertz CT molecular complexity index is 1290. The molecule has 6 rings (SSSR count). The van der Waals surface area contributed by atoms with E-state index in [2.05, 4.69) is 33.2 Å². The quantitative estimate of drug-likeness (QED) is 0.473. The first-order chi connectivity index (χ1) is 19.6. The van der Waals surface area contributed by atoms with Crippen molar-refractivity contribution < 1.29 is 22.7 Å².